The van der Waals surface area contributed by atoms with Gasteiger partial charge in [-0.05, 0) is 70.4 Å². The van der Waals surface area contributed by atoms with Crippen molar-refractivity contribution in [2.24, 2.45) is 11.8 Å². The third kappa shape index (κ3) is 9.00. The van der Waals surface area contributed by atoms with Crippen LogP contribution in [0.4, 0.5) is 14.5 Å². The molecule has 8 nitrogen and oxygen atoms in total. The van der Waals surface area contributed by atoms with Crippen LogP contribution in [-0.2, 0) is 27.8 Å². The maximum Gasteiger partial charge on any atom is 0.248 e. The lowest BCUT2D eigenvalue weighted by Crippen LogP contribution is -2.51. The molecule has 4 rings (SSSR count). The largest absolute Gasteiger partial charge is 0.353 e. The number of hydrogen-bond donors (Lipinski definition) is 1. The molecule has 2 fully saturated rings. The minimum Gasteiger partial charge on any atom is -0.353 e. The van der Waals surface area contributed by atoms with Crippen LogP contribution in [0.1, 0.15) is 76.2 Å². The Labute approximate surface area is 256 Å². The van der Waals surface area contributed by atoms with Gasteiger partial charge in [0.15, 0.2) is 0 Å². The maximum atomic E-state index is 13.7. The Kier molecular flexibility index (Phi) is 10.9. The molecule has 1 aliphatic heterocycles. The van der Waals surface area contributed by atoms with Crippen molar-refractivity contribution in [3.8, 4) is 0 Å². The predicted molar refractivity (Wildman–Crippen MR) is 167 cm³/mol. The van der Waals surface area contributed by atoms with Crippen molar-refractivity contribution in [3.63, 3.8) is 0 Å². The number of nitrogens with zero attached hydrogens (tertiary/aromatic N) is 4. The summed E-state index contributed by atoms with van der Waals surface area (Å²) in [6.07, 6.45) is 1.84. The van der Waals surface area contributed by atoms with Crippen molar-refractivity contribution in [2.75, 3.05) is 29.7 Å². The number of aromatic nitrogens is 2. The molecule has 43 heavy (non-hydrogen) atoms. The van der Waals surface area contributed by atoms with E-state index < -0.39 is 15.9 Å². The number of hydrogen-bond acceptors (Lipinski definition) is 5. The van der Waals surface area contributed by atoms with Crippen molar-refractivity contribution in [1.82, 2.24) is 20.0 Å². The minimum atomic E-state index is -3.72. The van der Waals surface area contributed by atoms with E-state index in [1.807, 2.05) is 43.7 Å². The van der Waals surface area contributed by atoms with E-state index in [4.69, 9.17) is 0 Å². The summed E-state index contributed by atoms with van der Waals surface area (Å²) in [5, 5.41) is 7.84. The molecule has 1 aliphatic carbocycles. The van der Waals surface area contributed by atoms with E-state index >= 15 is 0 Å². The number of alkyl halides is 2. The van der Waals surface area contributed by atoms with Crippen LogP contribution in [0.3, 0.4) is 0 Å². The zero-order chi connectivity index (χ0) is 31.4. The van der Waals surface area contributed by atoms with E-state index in [-0.39, 0.29) is 61.9 Å². The van der Waals surface area contributed by atoms with Crippen LogP contribution in [0.25, 0.3) is 0 Å². The van der Waals surface area contributed by atoms with Crippen LogP contribution < -0.4 is 9.62 Å². The maximum absolute atomic E-state index is 13.7. The molecule has 1 N–H and O–H groups in total. The van der Waals surface area contributed by atoms with Gasteiger partial charge < -0.3 is 5.32 Å². The van der Waals surface area contributed by atoms with Gasteiger partial charge in [-0.2, -0.15) is 5.10 Å². The SMILES string of the molecule is Cc1nn(CC(C)C)c(C)c1CC(=O)NC1CCN([C@H](C)CN(c2ccccc2)S(=O)(=O)CC2CCC(F)(F)CC2)CC1. The molecule has 0 spiro atoms. The van der Waals surface area contributed by atoms with Crippen LogP contribution >= 0.6 is 0 Å². The van der Waals surface area contributed by atoms with E-state index in [1.54, 1.807) is 12.1 Å². The number of nitrogens with one attached hydrogen (secondary N) is 1. The van der Waals surface area contributed by atoms with Crippen molar-refractivity contribution in [2.45, 2.75) is 104 Å². The topological polar surface area (TPSA) is 87.5 Å². The molecule has 1 aromatic heterocycles. The zero-order valence-corrected chi connectivity index (χ0v) is 27.2. The van der Waals surface area contributed by atoms with Gasteiger partial charge in [-0.15, -0.1) is 0 Å². The Hall–Kier alpha value is -2.53. The zero-order valence-electron chi connectivity index (χ0n) is 26.4. The average molecular weight is 622 g/mol. The number of likely N-dealkylation sites (tertiary alicyclic amines) is 1. The fourth-order valence-corrected chi connectivity index (χ4v) is 8.42. The van der Waals surface area contributed by atoms with Crippen LogP contribution in [0.2, 0.25) is 0 Å². The number of sulfonamides is 1. The number of halogens is 2. The van der Waals surface area contributed by atoms with Crippen LogP contribution in [-0.4, -0.2) is 72.4 Å². The first kappa shape index (κ1) is 33.4. The summed E-state index contributed by atoms with van der Waals surface area (Å²) in [6.45, 7) is 12.9. The number of para-hydroxylation sites is 1. The number of carbonyl (C=O) groups excluding carboxylic acids is 1. The first-order chi connectivity index (χ1) is 20.2. The van der Waals surface area contributed by atoms with Crippen molar-refractivity contribution >= 4 is 21.6 Å². The second-order valence-corrected chi connectivity index (χ2v) is 15.0. The Balaban J connectivity index is 1.32. The van der Waals surface area contributed by atoms with Crippen molar-refractivity contribution < 1.29 is 22.0 Å². The molecule has 0 unspecified atom stereocenters. The summed E-state index contributed by atoms with van der Waals surface area (Å²) >= 11 is 0. The Bertz CT molecular complexity index is 1310. The van der Waals surface area contributed by atoms with Crippen LogP contribution in [0.5, 0.6) is 0 Å². The highest BCUT2D eigenvalue weighted by Crippen LogP contribution is 2.37. The highest BCUT2D eigenvalue weighted by atomic mass is 32.2. The molecule has 2 aliphatic rings. The molecule has 1 saturated carbocycles. The fraction of sp³-hybridized carbons (Fsp3) is 0.688. The average Bonchev–Trinajstić information content (AvgIpc) is 3.20. The minimum absolute atomic E-state index is 0.00335. The lowest BCUT2D eigenvalue weighted by Gasteiger charge is -2.39. The lowest BCUT2D eigenvalue weighted by atomic mass is 9.88. The predicted octanol–water partition coefficient (Wildman–Crippen LogP) is 5.33. The standard InChI is InChI=1S/C32H49F2N5O3S/c1-23(2)20-38-26(5)30(25(4)36-38)19-31(40)35-28-13-17-37(18-14-28)24(3)21-39(29-9-7-6-8-10-29)43(41,42)22-27-11-15-32(33,34)16-12-27/h6-10,23-24,27-28H,11-22H2,1-5H3,(H,35,40)/t24-/m1/s1. The van der Waals surface area contributed by atoms with Gasteiger partial charge in [-0.3, -0.25) is 18.7 Å². The number of anilines is 1. The third-order valence-electron chi connectivity index (χ3n) is 9.02. The van der Waals surface area contributed by atoms with Gasteiger partial charge in [0.25, 0.3) is 0 Å². The first-order valence-electron chi connectivity index (χ1n) is 15.7. The fourth-order valence-electron chi connectivity index (χ4n) is 6.42. The molecule has 11 heteroatoms. The Morgan fingerprint density at radius 3 is 2.30 bits per heavy atom. The molecular weight excluding hydrogens is 572 g/mol. The quantitative estimate of drug-likeness (QED) is 0.346. The Morgan fingerprint density at radius 1 is 1.07 bits per heavy atom. The van der Waals surface area contributed by atoms with E-state index in [1.165, 1.54) is 4.31 Å². The van der Waals surface area contributed by atoms with Crippen molar-refractivity contribution in [3.05, 3.63) is 47.3 Å². The monoisotopic (exact) mass is 621 g/mol. The molecule has 0 radical (unpaired) electrons. The summed E-state index contributed by atoms with van der Waals surface area (Å²) in [5.41, 5.74) is 3.54. The van der Waals surface area contributed by atoms with Gasteiger partial charge in [0, 0.05) is 62.4 Å². The summed E-state index contributed by atoms with van der Waals surface area (Å²) < 4.78 is 58.2. The lowest BCUT2D eigenvalue weighted by molar-refractivity contribution is -0.121. The molecule has 240 valence electrons. The number of piperidine rings is 1. The summed E-state index contributed by atoms with van der Waals surface area (Å²) in [7, 11) is -3.72. The molecule has 1 aromatic carbocycles. The summed E-state index contributed by atoms with van der Waals surface area (Å²) in [6, 6.07) is 9.07. The molecule has 1 atom stereocenters. The van der Waals surface area contributed by atoms with E-state index in [9.17, 15) is 22.0 Å². The normalized spacial score (nSPS) is 19.4. The van der Waals surface area contributed by atoms with E-state index in [0.717, 1.165) is 49.4 Å². The van der Waals surface area contributed by atoms with E-state index in [2.05, 4.69) is 29.2 Å². The van der Waals surface area contributed by atoms with Crippen LogP contribution in [0.15, 0.2) is 30.3 Å². The molecule has 2 aromatic rings. The van der Waals surface area contributed by atoms with Gasteiger partial charge in [0.1, 0.15) is 0 Å². The highest BCUT2D eigenvalue weighted by Gasteiger charge is 2.38. The van der Waals surface area contributed by atoms with Gasteiger partial charge in [0.05, 0.1) is 23.6 Å². The number of benzene rings is 1. The van der Waals surface area contributed by atoms with Gasteiger partial charge in [-0.25, -0.2) is 17.2 Å². The molecular formula is C32H49F2N5O3S. The van der Waals surface area contributed by atoms with Gasteiger partial charge in [-0.1, -0.05) is 32.0 Å². The number of aryl methyl sites for hydroxylation is 1. The highest BCUT2D eigenvalue weighted by molar-refractivity contribution is 7.92. The molecule has 1 saturated heterocycles. The van der Waals surface area contributed by atoms with Gasteiger partial charge >= 0.3 is 0 Å². The number of rotatable bonds is 12. The first-order valence-corrected chi connectivity index (χ1v) is 17.3. The smallest absolute Gasteiger partial charge is 0.248 e. The summed E-state index contributed by atoms with van der Waals surface area (Å²) in [4.78, 5) is 15.2. The number of carbonyl (C=O) groups is 1. The van der Waals surface area contributed by atoms with E-state index in [0.29, 0.717) is 18.0 Å². The molecule has 1 amide bonds. The Morgan fingerprint density at radius 2 is 1.70 bits per heavy atom. The van der Waals surface area contributed by atoms with Gasteiger partial charge in [0.2, 0.25) is 21.9 Å². The number of amides is 1. The van der Waals surface area contributed by atoms with Crippen molar-refractivity contribution in [1.29, 1.82) is 0 Å². The molecule has 0 bridgehead atoms. The second-order valence-electron chi connectivity index (χ2n) is 13.1. The third-order valence-corrected chi connectivity index (χ3v) is 10.9. The van der Waals surface area contributed by atoms with Crippen LogP contribution in [0, 0.1) is 25.7 Å². The summed E-state index contributed by atoms with van der Waals surface area (Å²) in [5.74, 6) is -2.59. The molecule has 2 heterocycles. The second kappa shape index (κ2) is 14.1.